The minimum Gasteiger partial charge on any atom is -0.407 e. The van der Waals surface area contributed by atoms with Gasteiger partial charge in [-0.05, 0) is 13.5 Å². The third-order valence-electron chi connectivity index (χ3n) is 3.03. The Morgan fingerprint density at radius 2 is 2.15 bits per heavy atom. The van der Waals surface area contributed by atoms with Crippen LogP contribution >= 0.6 is 0 Å². The molecule has 0 radical (unpaired) electrons. The zero-order chi connectivity index (χ0) is 14.4. The molecule has 0 aromatic carbocycles. The number of anilines is 1. The van der Waals surface area contributed by atoms with Gasteiger partial charge in [-0.1, -0.05) is 12.0 Å². The lowest BCUT2D eigenvalue weighted by molar-refractivity contribution is -0.135. The summed E-state index contributed by atoms with van der Waals surface area (Å²) in [5.41, 5.74) is 0. The first-order chi connectivity index (χ1) is 9.70. The second-order valence-corrected chi connectivity index (χ2v) is 4.58. The van der Waals surface area contributed by atoms with Crippen molar-refractivity contribution in [1.29, 1.82) is 0 Å². The second kappa shape index (κ2) is 7.20. The van der Waals surface area contributed by atoms with Gasteiger partial charge in [-0.2, -0.15) is 0 Å². The molecule has 20 heavy (non-hydrogen) atoms. The van der Waals surface area contributed by atoms with Crippen molar-refractivity contribution >= 4 is 11.9 Å². The van der Waals surface area contributed by atoms with Crippen molar-refractivity contribution in [2.24, 2.45) is 0 Å². The van der Waals surface area contributed by atoms with E-state index in [1.165, 1.54) is 0 Å². The fourth-order valence-corrected chi connectivity index (χ4v) is 1.92. The van der Waals surface area contributed by atoms with Gasteiger partial charge in [-0.25, -0.2) is 0 Å². The number of nitrogens with zero attached hydrogens (tertiary/aromatic N) is 3. The van der Waals surface area contributed by atoms with Crippen LogP contribution in [-0.4, -0.2) is 59.9 Å². The Kier molecular flexibility index (Phi) is 5.31. The summed E-state index contributed by atoms with van der Waals surface area (Å²) >= 11 is 0. The van der Waals surface area contributed by atoms with Crippen molar-refractivity contribution in [2.75, 3.05) is 38.2 Å². The maximum Gasteiger partial charge on any atom is 0.316 e. The molecule has 1 saturated heterocycles. The van der Waals surface area contributed by atoms with Gasteiger partial charge in [0.1, 0.15) is 6.04 Å². The summed E-state index contributed by atoms with van der Waals surface area (Å²) in [5, 5.41) is 13.8. The van der Waals surface area contributed by atoms with E-state index in [1.807, 2.05) is 6.92 Å². The monoisotopic (exact) mass is 283 g/mol. The predicted octanol–water partition coefficient (Wildman–Crippen LogP) is -0.162. The molecule has 1 fully saturated rings. The van der Waals surface area contributed by atoms with Crippen LogP contribution in [0.1, 0.15) is 19.7 Å². The van der Waals surface area contributed by atoms with Crippen LogP contribution in [0, 0.1) is 0 Å². The van der Waals surface area contributed by atoms with E-state index in [-0.39, 0.29) is 11.9 Å². The van der Waals surface area contributed by atoms with Crippen LogP contribution in [0.3, 0.4) is 0 Å². The lowest BCUT2D eigenvalue weighted by Gasteiger charge is -2.29. The van der Waals surface area contributed by atoms with Gasteiger partial charge in [-0.3, -0.25) is 4.79 Å². The maximum absolute atomic E-state index is 12.2. The largest absolute Gasteiger partial charge is 0.407 e. The summed E-state index contributed by atoms with van der Waals surface area (Å²) in [6, 6.07) is -0.132. The second-order valence-electron chi connectivity index (χ2n) is 4.58. The van der Waals surface area contributed by atoms with E-state index < -0.39 is 6.04 Å². The van der Waals surface area contributed by atoms with Crippen LogP contribution in [0.15, 0.2) is 4.42 Å². The van der Waals surface area contributed by atoms with E-state index in [0.717, 1.165) is 6.54 Å². The molecule has 0 aliphatic carbocycles. The van der Waals surface area contributed by atoms with E-state index in [1.54, 1.807) is 11.8 Å². The van der Waals surface area contributed by atoms with Crippen molar-refractivity contribution < 1.29 is 13.9 Å². The van der Waals surface area contributed by atoms with Gasteiger partial charge < -0.3 is 24.7 Å². The molecule has 0 saturated carbocycles. The maximum atomic E-state index is 12.2. The molecule has 0 bridgehead atoms. The number of nitrogens with one attached hydrogen (secondary N) is 2. The first-order valence-electron chi connectivity index (χ1n) is 6.87. The lowest BCUT2D eigenvalue weighted by atomic mass is 10.2. The van der Waals surface area contributed by atoms with Crippen molar-refractivity contribution in [1.82, 2.24) is 20.4 Å². The van der Waals surface area contributed by atoms with Crippen LogP contribution in [-0.2, 0) is 16.1 Å². The topological polar surface area (TPSA) is 92.5 Å². The highest BCUT2D eigenvalue weighted by molar-refractivity contribution is 5.83. The standard InChI is InChI=1S/C12H21N5O3/c1-3-13-8-10-15-16-12(20-10)14-9(2)11(18)17-4-6-19-7-5-17/h9,13H,3-8H2,1-2H3,(H,14,16). The first-order valence-corrected chi connectivity index (χ1v) is 6.87. The van der Waals surface area contributed by atoms with Crippen molar-refractivity contribution in [3.05, 3.63) is 5.89 Å². The van der Waals surface area contributed by atoms with Crippen LogP contribution < -0.4 is 10.6 Å². The molecule has 2 rings (SSSR count). The summed E-state index contributed by atoms with van der Waals surface area (Å²) in [6.07, 6.45) is 0. The van der Waals surface area contributed by atoms with Gasteiger partial charge in [0.25, 0.3) is 0 Å². The van der Waals surface area contributed by atoms with Gasteiger partial charge >= 0.3 is 6.01 Å². The summed E-state index contributed by atoms with van der Waals surface area (Å²) in [7, 11) is 0. The molecule has 1 amide bonds. The lowest BCUT2D eigenvalue weighted by Crippen LogP contribution is -2.47. The average molecular weight is 283 g/mol. The molecular weight excluding hydrogens is 262 g/mol. The van der Waals surface area contributed by atoms with Gasteiger partial charge in [0.15, 0.2) is 0 Å². The Labute approximate surface area is 117 Å². The Morgan fingerprint density at radius 1 is 1.40 bits per heavy atom. The molecule has 112 valence electrons. The summed E-state index contributed by atoms with van der Waals surface area (Å²) in [4.78, 5) is 14.0. The average Bonchev–Trinajstić information content (AvgIpc) is 2.92. The smallest absolute Gasteiger partial charge is 0.316 e. The van der Waals surface area contributed by atoms with Crippen LogP contribution in [0.4, 0.5) is 6.01 Å². The van der Waals surface area contributed by atoms with Gasteiger partial charge in [0.2, 0.25) is 11.8 Å². The third kappa shape index (κ3) is 3.91. The molecule has 1 unspecified atom stereocenters. The number of morpholine rings is 1. The van der Waals surface area contributed by atoms with E-state index in [9.17, 15) is 4.79 Å². The summed E-state index contributed by atoms with van der Waals surface area (Å²) < 4.78 is 10.6. The fraction of sp³-hybridized carbons (Fsp3) is 0.750. The van der Waals surface area contributed by atoms with Gasteiger partial charge in [0, 0.05) is 13.1 Å². The predicted molar refractivity (Wildman–Crippen MR) is 72.2 cm³/mol. The number of amides is 1. The van der Waals surface area contributed by atoms with Crippen LogP contribution in [0.2, 0.25) is 0 Å². The number of carbonyl (C=O) groups excluding carboxylic acids is 1. The van der Waals surface area contributed by atoms with Gasteiger partial charge in [-0.15, -0.1) is 5.10 Å². The highest BCUT2D eigenvalue weighted by atomic mass is 16.5. The van der Waals surface area contributed by atoms with Crippen LogP contribution in [0.5, 0.6) is 0 Å². The zero-order valence-corrected chi connectivity index (χ0v) is 11.9. The number of hydrogen-bond donors (Lipinski definition) is 2. The SMILES string of the molecule is CCNCc1nnc(NC(C)C(=O)N2CCOCC2)o1. The Balaban J connectivity index is 1.85. The van der Waals surface area contributed by atoms with Crippen molar-refractivity contribution in [3.8, 4) is 0 Å². The number of rotatable bonds is 6. The van der Waals surface area contributed by atoms with Crippen molar-refractivity contribution in [3.63, 3.8) is 0 Å². The quantitative estimate of drug-likeness (QED) is 0.749. The molecule has 1 aliphatic heterocycles. The molecule has 0 spiro atoms. The zero-order valence-electron chi connectivity index (χ0n) is 11.9. The Morgan fingerprint density at radius 3 is 2.85 bits per heavy atom. The summed E-state index contributed by atoms with van der Waals surface area (Å²) in [5.74, 6) is 0.514. The Hall–Kier alpha value is -1.67. The van der Waals surface area contributed by atoms with E-state index in [2.05, 4.69) is 20.8 Å². The molecule has 8 heteroatoms. The summed E-state index contributed by atoms with van der Waals surface area (Å²) in [6.45, 7) is 7.57. The van der Waals surface area contributed by atoms with E-state index in [4.69, 9.17) is 9.15 Å². The molecule has 1 aliphatic rings. The molecule has 2 heterocycles. The fourth-order valence-electron chi connectivity index (χ4n) is 1.92. The molecule has 2 N–H and O–H groups in total. The molecule has 8 nitrogen and oxygen atoms in total. The Bertz CT molecular complexity index is 430. The van der Waals surface area contributed by atoms with Crippen molar-refractivity contribution in [2.45, 2.75) is 26.4 Å². The molecule has 1 atom stereocenters. The number of aromatic nitrogens is 2. The minimum atomic E-state index is -0.402. The number of carbonyl (C=O) groups is 1. The van der Waals surface area contributed by atoms with Crippen LogP contribution in [0.25, 0.3) is 0 Å². The normalized spacial score (nSPS) is 17.0. The third-order valence-corrected chi connectivity index (χ3v) is 3.03. The highest BCUT2D eigenvalue weighted by Gasteiger charge is 2.23. The van der Waals surface area contributed by atoms with E-state index in [0.29, 0.717) is 38.7 Å². The highest BCUT2D eigenvalue weighted by Crippen LogP contribution is 2.09. The molecule has 1 aromatic heterocycles. The molecular formula is C12H21N5O3. The minimum absolute atomic E-state index is 0.0136. The van der Waals surface area contributed by atoms with Gasteiger partial charge in [0.05, 0.1) is 19.8 Å². The molecule has 1 aromatic rings. The number of hydrogen-bond acceptors (Lipinski definition) is 7. The number of ether oxygens (including phenoxy) is 1. The van der Waals surface area contributed by atoms with E-state index >= 15 is 0 Å². The first kappa shape index (κ1) is 14.7.